The zero-order valence-electron chi connectivity index (χ0n) is 23.6. The molecule has 43 heavy (non-hydrogen) atoms. The minimum atomic E-state index is -0.660. The lowest BCUT2D eigenvalue weighted by Gasteiger charge is -2.36. The molecule has 4 amide bonds. The number of urea groups is 1. The molecule has 214 valence electrons. The Morgan fingerprint density at radius 1 is 0.907 bits per heavy atom. The molecule has 0 aliphatic carbocycles. The van der Waals surface area contributed by atoms with Crippen molar-refractivity contribution < 1.29 is 19.1 Å². The van der Waals surface area contributed by atoms with Gasteiger partial charge in [-0.25, -0.2) is 9.69 Å². The number of amides is 4. The number of carbonyl (C=O) groups excluding carboxylic acids is 3. The number of aromatic nitrogens is 1. The van der Waals surface area contributed by atoms with Crippen molar-refractivity contribution in [3.63, 3.8) is 0 Å². The van der Waals surface area contributed by atoms with Gasteiger partial charge in [0.05, 0.1) is 12.8 Å². The number of aromatic amines is 1. The van der Waals surface area contributed by atoms with E-state index in [9.17, 15) is 14.4 Å². The van der Waals surface area contributed by atoms with E-state index in [-0.39, 0.29) is 17.8 Å². The van der Waals surface area contributed by atoms with Gasteiger partial charge in [-0.2, -0.15) is 0 Å². The van der Waals surface area contributed by atoms with Gasteiger partial charge in [0.2, 0.25) is 0 Å². The highest BCUT2D eigenvalue weighted by molar-refractivity contribution is 6.22. The first-order chi connectivity index (χ1) is 21.0. The van der Waals surface area contributed by atoms with E-state index in [1.54, 1.807) is 36.3 Å². The van der Waals surface area contributed by atoms with Crippen molar-refractivity contribution in [1.82, 2.24) is 15.2 Å². The number of fused-ring (bicyclic) bond motifs is 4. The van der Waals surface area contributed by atoms with E-state index in [1.165, 1.54) is 4.90 Å². The van der Waals surface area contributed by atoms with Gasteiger partial charge in [-0.05, 0) is 65.6 Å². The van der Waals surface area contributed by atoms with Crippen LogP contribution in [0.25, 0.3) is 10.9 Å². The third-order valence-electron chi connectivity index (χ3n) is 8.41. The Morgan fingerprint density at radius 3 is 2.37 bits per heavy atom. The van der Waals surface area contributed by atoms with Crippen LogP contribution in [-0.2, 0) is 17.6 Å². The molecule has 3 heterocycles. The second kappa shape index (κ2) is 10.8. The largest absolute Gasteiger partial charge is 0.497 e. The molecule has 1 saturated heterocycles. The number of nitrogens with one attached hydrogen (secondary N) is 2. The number of hydrogen-bond donors (Lipinski definition) is 2. The van der Waals surface area contributed by atoms with E-state index >= 15 is 0 Å². The van der Waals surface area contributed by atoms with E-state index in [2.05, 4.69) is 10.3 Å². The number of methoxy groups -OCH3 is 1. The van der Waals surface area contributed by atoms with Gasteiger partial charge in [0.1, 0.15) is 17.8 Å². The number of benzene rings is 4. The summed E-state index contributed by atoms with van der Waals surface area (Å²) in [5.41, 5.74) is 5.85. The van der Waals surface area contributed by atoms with Crippen LogP contribution >= 0.6 is 0 Å². The summed E-state index contributed by atoms with van der Waals surface area (Å²) in [6.45, 7) is 0.506. The third kappa shape index (κ3) is 4.61. The van der Waals surface area contributed by atoms with Crippen LogP contribution in [-0.4, -0.2) is 47.4 Å². The van der Waals surface area contributed by atoms with Crippen LogP contribution < -0.4 is 15.0 Å². The molecule has 1 fully saturated rings. The van der Waals surface area contributed by atoms with Gasteiger partial charge in [0, 0.05) is 35.1 Å². The fourth-order valence-corrected chi connectivity index (χ4v) is 6.27. The average Bonchev–Trinajstić information content (AvgIpc) is 3.54. The maximum Gasteiger partial charge on any atom is 0.332 e. The predicted molar refractivity (Wildman–Crippen MR) is 164 cm³/mol. The van der Waals surface area contributed by atoms with Crippen molar-refractivity contribution in [2.75, 3.05) is 18.6 Å². The first kappa shape index (κ1) is 26.5. The highest BCUT2D eigenvalue weighted by Crippen LogP contribution is 2.45. The van der Waals surface area contributed by atoms with Crippen LogP contribution in [0.3, 0.4) is 0 Å². The Labute approximate surface area is 248 Å². The molecule has 1 aromatic heterocycles. The summed E-state index contributed by atoms with van der Waals surface area (Å²) in [4.78, 5) is 47.3. The summed E-state index contributed by atoms with van der Waals surface area (Å²) in [5, 5.41) is 3.99. The zero-order valence-corrected chi connectivity index (χ0v) is 23.6. The molecule has 7 rings (SSSR count). The standard InChI is InChI=1S/C35H30N4O4/c1-43-26-17-13-23(14-18-26)32-31-28(27-9-5-6-10-29(27)37-31)21-30-34(41)38(35(42)39(30)32)25-15-11-24(12-16-25)33(40)36-20-19-22-7-3-2-4-8-22/h2-18,30,32,37H,19-21H2,1H3,(H,36,40)/t30-,32+/m0/s1. The van der Waals surface area contributed by atoms with E-state index < -0.39 is 12.1 Å². The lowest BCUT2D eigenvalue weighted by atomic mass is 9.89. The molecular formula is C35H30N4O4. The van der Waals surface area contributed by atoms with Gasteiger partial charge < -0.3 is 15.0 Å². The molecule has 2 aliphatic rings. The maximum atomic E-state index is 14.1. The number of para-hydroxylation sites is 1. The fourth-order valence-electron chi connectivity index (χ4n) is 6.27. The number of nitrogens with zero attached hydrogens (tertiary/aromatic N) is 2. The normalized spacial score (nSPS) is 17.6. The van der Waals surface area contributed by atoms with E-state index in [4.69, 9.17) is 4.74 Å². The van der Waals surface area contributed by atoms with Crippen molar-refractivity contribution in [3.8, 4) is 5.75 Å². The molecule has 5 aromatic rings. The van der Waals surface area contributed by atoms with Crippen LogP contribution in [0.4, 0.5) is 10.5 Å². The Hall–Kier alpha value is -5.37. The van der Waals surface area contributed by atoms with Crippen LogP contribution in [0, 0.1) is 0 Å². The highest BCUT2D eigenvalue weighted by Gasteiger charge is 2.53. The number of imide groups is 1. The highest BCUT2D eigenvalue weighted by atomic mass is 16.5. The molecule has 4 aromatic carbocycles. The Kier molecular flexibility index (Phi) is 6.66. The Bertz CT molecular complexity index is 1830. The summed E-state index contributed by atoms with van der Waals surface area (Å²) in [5.74, 6) is 0.228. The number of ether oxygens (including phenoxy) is 1. The summed E-state index contributed by atoms with van der Waals surface area (Å²) in [7, 11) is 1.61. The molecule has 8 heteroatoms. The quantitative estimate of drug-likeness (QED) is 0.248. The van der Waals surface area contributed by atoms with Crippen molar-refractivity contribution in [1.29, 1.82) is 0 Å². The lowest BCUT2D eigenvalue weighted by molar-refractivity contribution is -0.120. The van der Waals surface area contributed by atoms with Crippen molar-refractivity contribution in [2.24, 2.45) is 0 Å². The second-order valence-electron chi connectivity index (χ2n) is 10.9. The fraction of sp³-hybridized carbons (Fsp3) is 0.171. The van der Waals surface area contributed by atoms with Crippen LogP contribution in [0.15, 0.2) is 103 Å². The van der Waals surface area contributed by atoms with Crippen LogP contribution in [0.1, 0.15) is 38.8 Å². The SMILES string of the molecule is COc1ccc([C@@H]2c3[nH]c4ccccc4c3C[C@H]3C(=O)N(c4ccc(C(=O)NCCc5ccccc5)cc4)C(=O)N23)cc1. The molecule has 0 unspecified atom stereocenters. The lowest BCUT2D eigenvalue weighted by Crippen LogP contribution is -2.44. The van der Waals surface area contributed by atoms with Gasteiger partial charge >= 0.3 is 6.03 Å². The maximum absolute atomic E-state index is 14.1. The van der Waals surface area contributed by atoms with Gasteiger partial charge in [0.15, 0.2) is 0 Å². The topological polar surface area (TPSA) is 94.7 Å². The van der Waals surface area contributed by atoms with Crippen molar-refractivity contribution in [3.05, 3.63) is 131 Å². The van der Waals surface area contributed by atoms with Gasteiger partial charge in [-0.3, -0.25) is 14.5 Å². The number of H-pyrrole nitrogens is 1. The number of hydrogen-bond acceptors (Lipinski definition) is 4. The van der Waals surface area contributed by atoms with Gasteiger partial charge in [0.25, 0.3) is 11.8 Å². The first-order valence-electron chi connectivity index (χ1n) is 14.4. The minimum Gasteiger partial charge on any atom is -0.497 e. The molecular weight excluding hydrogens is 540 g/mol. The minimum absolute atomic E-state index is 0.205. The predicted octanol–water partition coefficient (Wildman–Crippen LogP) is 5.63. The number of rotatable bonds is 7. The molecule has 0 bridgehead atoms. The molecule has 0 saturated carbocycles. The second-order valence-corrected chi connectivity index (χ2v) is 10.9. The number of carbonyl (C=O) groups is 3. The molecule has 2 N–H and O–H groups in total. The Balaban J connectivity index is 1.17. The summed E-state index contributed by atoms with van der Waals surface area (Å²) < 4.78 is 5.36. The van der Waals surface area contributed by atoms with Crippen molar-refractivity contribution >= 4 is 34.4 Å². The van der Waals surface area contributed by atoms with E-state index in [0.29, 0.717) is 30.0 Å². The summed E-state index contributed by atoms with van der Waals surface area (Å²) in [6.07, 6.45) is 1.14. The van der Waals surface area contributed by atoms with Crippen molar-refractivity contribution in [2.45, 2.75) is 24.9 Å². The average molecular weight is 571 g/mol. The summed E-state index contributed by atoms with van der Waals surface area (Å²) >= 11 is 0. The van der Waals surface area contributed by atoms with Gasteiger partial charge in [-0.1, -0.05) is 60.7 Å². The summed E-state index contributed by atoms with van der Waals surface area (Å²) in [6, 6.07) is 30.7. The first-order valence-corrected chi connectivity index (χ1v) is 14.4. The van der Waals surface area contributed by atoms with E-state index in [0.717, 1.165) is 39.7 Å². The van der Waals surface area contributed by atoms with E-state index in [1.807, 2.05) is 78.9 Å². The molecule has 0 radical (unpaired) electrons. The zero-order chi connectivity index (χ0) is 29.5. The molecule has 2 atom stereocenters. The van der Waals surface area contributed by atoms with Crippen LogP contribution in [0.2, 0.25) is 0 Å². The number of anilines is 1. The monoisotopic (exact) mass is 570 g/mol. The Morgan fingerprint density at radius 2 is 1.63 bits per heavy atom. The smallest absolute Gasteiger partial charge is 0.332 e. The van der Waals surface area contributed by atoms with Gasteiger partial charge in [-0.15, -0.1) is 0 Å². The molecule has 8 nitrogen and oxygen atoms in total. The van der Waals surface area contributed by atoms with Crippen LogP contribution in [0.5, 0.6) is 5.75 Å². The molecule has 0 spiro atoms. The molecule has 2 aliphatic heterocycles. The third-order valence-corrected chi connectivity index (χ3v) is 8.41.